The van der Waals surface area contributed by atoms with Crippen molar-refractivity contribution in [3.63, 3.8) is 0 Å². The molecule has 2 heteroatoms. The lowest BCUT2D eigenvalue weighted by atomic mass is 10.1. The summed E-state index contributed by atoms with van der Waals surface area (Å²) in [4.78, 5) is 0. The first-order valence-corrected chi connectivity index (χ1v) is 6.76. The van der Waals surface area contributed by atoms with Crippen LogP contribution in [0.5, 0.6) is 0 Å². The van der Waals surface area contributed by atoms with Gasteiger partial charge >= 0.3 is 0 Å². The van der Waals surface area contributed by atoms with Crippen LogP contribution < -0.4 is 5.32 Å². The second-order valence-corrected chi connectivity index (χ2v) is 4.83. The molecule has 1 saturated carbocycles. The van der Waals surface area contributed by atoms with Gasteiger partial charge in [-0.2, -0.15) is 0 Å². The van der Waals surface area contributed by atoms with Crippen molar-refractivity contribution >= 4 is 0 Å². The smallest absolute Gasteiger partial charge is 0.0693 e. The molecule has 1 fully saturated rings. The van der Waals surface area contributed by atoms with Crippen LogP contribution in [0.4, 0.5) is 0 Å². The third kappa shape index (κ3) is 5.53. The third-order valence-electron chi connectivity index (χ3n) is 3.42. The van der Waals surface area contributed by atoms with Gasteiger partial charge in [-0.3, -0.25) is 0 Å². The predicted octanol–water partition coefficient (Wildman–Crippen LogP) is 2.85. The van der Waals surface area contributed by atoms with E-state index in [0.717, 1.165) is 19.4 Å². The lowest BCUT2D eigenvalue weighted by molar-refractivity contribution is 0.120. The van der Waals surface area contributed by atoms with E-state index in [1.54, 1.807) is 0 Å². The minimum atomic E-state index is -0.0984. The second kappa shape index (κ2) is 8.12. The standard InChI is InChI=1S/C13H27NO/c1-2-3-4-8-11-14-12-9-6-5-7-10-13(12)15/h12-15H,2-11H2,1H3. The highest BCUT2D eigenvalue weighted by molar-refractivity contribution is 4.78. The van der Waals surface area contributed by atoms with Crippen LogP contribution in [0.15, 0.2) is 0 Å². The van der Waals surface area contributed by atoms with Crippen LogP contribution in [0, 0.1) is 0 Å². The maximum absolute atomic E-state index is 9.89. The molecule has 0 aromatic carbocycles. The number of hydrogen-bond acceptors (Lipinski definition) is 2. The van der Waals surface area contributed by atoms with Crippen molar-refractivity contribution in [2.24, 2.45) is 0 Å². The topological polar surface area (TPSA) is 32.3 Å². The first-order chi connectivity index (χ1) is 7.34. The first kappa shape index (κ1) is 13.0. The predicted molar refractivity (Wildman–Crippen MR) is 65.0 cm³/mol. The molecule has 2 atom stereocenters. The van der Waals surface area contributed by atoms with Crippen LogP contribution in [0.2, 0.25) is 0 Å². The zero-order valence-corrected chi connectivity index (χ0v) is 10.2. The Morgan fingerprint density at radius 2 is 1.87 bits per heavy atom. The normalized spacial score (nSPS) is 27.6. The summed E-state index contributed by atoms with van der Waals surface area (Å²) in [6.45, 7) is 3.32. The van der Waals surface area contributed by atoms with E-state index in [-0.39, 0.29) is 6.10 Å². The average Bonchev–Trinajstić information content (AvgIpc) is 2.44. The maximum atomic E-state index is 9.89. The van der Waals surface area contributed by atoms with Crippen molar-refractivity contribution in [2.75, 3.05) is 6.54 Å². The molecule has 2 nitrogen and oxygen atoms in total. The zero-order chi connectivity index (χ0) is 10.9. The van der Waals surface area contributed by atoms with Gasteiger partial charge in [0.2, 0.25) is 0 Å². The van der Waals surface area contributed by atoms with Crippen molar-refractivity contribution in [1.82, 2.24) is 5.32 Å². The van der Waals surface area contributed by atoms with Crippen LogP contribution in [0.1, 0.15) is 64.7 Å². The molecule has 0 heterocycles. The third-order valence-corrected chi connectivity index (χ3v) is 3.42. The molecule has 15 heavy (non-hydrogen) atoms. The Balaban J connectivity index is 2.07. The highest BCUT2D eigenvalue weighted by atomic mass is 16.3. The van der Waals surface area contributed by atoms with E-state index in [1.807, 2.05) is 0 Å². The van der Waals surface area contributed by atoms with Gasteiger partial charge in [-0.05, 0) is 25.8 Å². The molecule has 0 aromatic heterocycles. The van der Waals surface area contributed by atoms with Crippen molar-refractivity contribution in [3.05, 3.63) is 0 Å². The van der Waals surface area contributed by atoms with Gasteiger partial charge in [0.15, 0.2) is 0 Å². The molecule has 2 unspecified atom stereocenters. The Morgan fingerprint density at radius 3 is 2.67 bits per heavy atom. The molecule has 1 aliphatic rings. The Labute approximate surface area is 94.5 Å². The molecular formula is C13H27NO. The van der Waals surface area contributed by atoms with Crippen molar-refractivity contribution in [2.45, 2.75) is 76.9 Å². The molecule has 90 valence electrons. The molecule has 2 N–H and O–H groups in total. The van der Waals surface area contributed by atoms with Crippen molar-refractivity contribution < 1.29 is 5.11 Å². The molecule has 0 amide bonds. The summed E-state index contributed by atoms with van der Waals surface area (Å²) in [6, 6.07) is 0.370. The summed E-state index contributed by atoms with van der Waals surface area (Å²) in [5, 5.41) is 13.4. The number of hydrogen-bond donors (Lipinski definition) is 2. The van der Waals surface area contributed by atoms with Gasteiger partial charge in [-0.1, -0.05) is 45.4 Å². The van der Waals surface area contributed by atoms with Gasteiger partial charge in [0.05, 0.1) is 6.10 Å². The molecule has 0 bridgehead atoms. The number of unbranched alkanes of at least 4 members (excludes halogenated alkanes) is 3. The fourth-order valence-corrected chi connectivity index (χ4v) is 2.37. The lowest BCUT2D eigenvalue weighted by Crippen LogP contribution is -2.39. The van der Waals surface area contributed by atoms with E-state index in [4.69, 9.17) is 0 Å². The van der Waals surface area contributed by atoms with E-state index >= 15 is 0 Å². The van der Waals surface area contributed by atoms with E-state index in [1.165, 1.54) is 44.9 Å². The first-order valence-electron chi connectivity index (χ1n) is 6.76. The molecule has 0 saturated heterocycles. The van der Waals surface area contributed by atoms with E-state index in [2.05, 4.69) is 12.2 Å². The Kier molecular flexibility index (Phi) is 7.03. The number of rotatable bonds is 6. The summed E-state index contributed by atoms with van der Waals surface area (Å²) in [5.74, 6) is 0. The van der Waals surface area contributed by atoms with Crippen molar-refractivity contribution in [3.8, 4) is 0 Å². The van der Waals surface area contributed by atoms with E-state index in [9.17, 15) is 5.11 Å². The highest BCUT2D eigenvalue weighted by Crippen LogP contribution is 2.17. The van der Waals surface area contributed by atoms with Crippen LogP contribution in [0.3, 0.4) is 0 Å². The molecule has 1 aliphatic carbocycles. The Hall–Kier alpha value is -0.0800. The molecule has 0 spiro atoms. The quantitative estimate of drug-likeness (QED) is 0.525. The number of aliphatic hydroxyl groups excluding tert-OH is 1. The summed E-state index contributed by atoms with van der Waals surface area (Å²) >= 11 is 0. The van der Waals surface area contributed by atoms with Crippen molar-refractivity contribution in [1.29, 1.82) is 0 Å². The van der Waals surface area contributed by atoms with Gasteiger partial charge in [0, 0.05) is 6.04 Å². The van der Waals surface area contributed by atoms with Gasteiger partial charge in [-0.25, -0.2) is 0 Å². The summed E-state index contributed by atoms with van der Waals surface area (Å²) in [7, 11) is 0. The lowest BCUT2D eigenvalue weighted by Gasteiger charge is -2.21. The molecule has 1 rings (SSSR count). The van der Waals surface area contributed by atoms with Gasteiger partial charge in [-0.15, -0.1) is 0 Å². The Bertz CT molecular complexity index is 149. The van der Waals surface area contributed by atoms with Crippen LogP contribution in [-0.4, -0.2) is 23.8 Å². The second-order valence-electron chi connectivity index (χ2n) is 4.83. The van der Waals surface area contributed by atoms with E-state index < -0.39 is 0 Å². The molecule has 0 aliphatic heterocycles. The van der Waals surface area contributed by atoms with Gasteiger partial charge in [0.25, 0.3) is 0 Å². The summed E-state index contributed by atoms with van der Waals surface area (Å²) in [6.07, 6.45) is 11.1. The SMILES string of the molecule is CCCCCCNC1CCCCCC1O. The largest absolute Gasteiger partial charge is 0.392 e. The minimum absolute atomic E-state index is 0.0984. The maximum Gasteiger partial charge on any atom is 0.0693 e. The van der Waals surface area contributed by atoms with Crippen LogP contribution >= 0.6 is 0 Å². The highest BCUT2D eigenvalue weighted by Gasteiger charge is 2.20. The fraction of sp³-hybridized carbons (Fsp3) is 1.00. The number of nitrogens with one attached hydrogen (secondary N) is 1. The summed E-state index contributed by atoms with van der Waals surface area (Å²) < 4.78 is 0. The fourth-order valence-electron chi connectivity index (χ4n) is 2.37. The van der Waals surface area contributed by atoms with Crippen LogP contribution in [0.25, 0.3) is 0 Å². The summed E-state index contributed by atoms with van der Waals surface area (Å²) in [5.41, 5.74) is 0. The monoisotopic (exact) mass is 213 g/mol. The number of aliphatic hydroxyl groups is 1. The zero-order valence-electron chi connectivity index (χ0n) is 10.2. The van der Waals surface area contributed by atoms with E-state index in [0.29, 0.717) is 6.04 Å². The van der Waals surface area contributed by atoms with Gasteiger partial charge in [0.1, 0.15) is 0 Å². The molecule has 0 radical (unpaired) electrons. The minimum Gasteiger partial charge on any atom is -0.392 e. The van der Waals surface area contributed by atoms with Crippen LogP contribution in [-0.2, 0) is 0 Å². The van der Waals surface area contributed by atoms with Gasteiger partial charge < -0.3 is 10.4 Å². The molecular weight excluding hydrogens is 186 g/mol. The molecule has 0 aromatic rings. The Morgan fingerprint density at radius 1 is 1.07 bits per heavy atom. The average molecular weight is 213 g/mol.